The van der Waals surface area contributed by atoms with Crippen LogP contribution in [0.5, 0.6) is 0 Å². The highest BCUT2D eigenvalue weighted by molar-refractivity contribution is 7.89. The molecule has 0 saturated carbocycles. The van der Waals surface area contributed by atoms with Gasteiger partial charge in [0.05, 0.1) is 23.7 Å². The van der Waals surface area contributed by atoms with Crippen molar-refractivity contribution in [2.45, 2.75) is 26.3 Å². The summed E-state index contributed by atoms with van der Waals surface area (Å²) >= 11 is 0. The van der Waals surface area contributed by atoms with Gasteiger partial charge >= 0.3 is 5.97 Å². The van der Waals surface area contributed by atoms with Crippen LogP contribution in [0.1, 0.15) is 30.8 Å². The van der Waals surface area contributed by atoms with Crippen LogP contribution < -0.4 is 10.0 Å². The van der Waals surface area contributed by atoms with Crippen LogP contribution in [0.4, 0.5) is 5.69 Å². The van der Waals surface area contributed by atoms with Crippen LogP contribution in [-0.2, 0) is 14.8 Å². The van der Waals surface area contributed by atoms with Crippen molar-refractivity contribution >= 4 is 27.6 Å². The van der Waals surface area contributed by atoms with Gasteiger partial charge in [0, 0.05) is 0 Å². The summed E-state index contributed by atoms with van der Waals surface area (Å²) in [6, 6.07) is 1.67. The summed E-state index contributed by atoms with van der Waals surface area (Å²) < 4.78 is 25.3. The highest BCUT2D eigenvalue weighted by Gasteiger charge is 2.19. The number of rotatable bonds is 7. The van der Waals surface area contributed by atoms with Crippen molar-refractivity contribution in [1.82, 2.24) is 9.71 Å². The number of amides is 1. The molecule has 0 aliphatic heterocycles. The van der Waals surface area contributed by atoms with Crippen LogP contribution in [0.3, 0.4) is 0 Å². The molecule has 9 heteroatoms. The van der Waals surface area contributed by atoms with E-state index in [-0.39, 0.29) is 17.1 Å². The lowest BCUT2D eigenvalue weighted by atomic mass is 10.3. The van der Waals surface area contributed by atoms with Gasteiger partial charge in [-0.25, -0.2) is 22.9 Å². The maximum Gasteiger partial charge on any atom is 0.354 e. The molecule has 1 atom stereocenters. The molecule has 0 fully saturated rings. The number of hydrogen-bond donors (Lipinski definition) is 3. The summed E-state index contributed by atoms with van der Waals surface area (Å²) in [7, 11) is -3.49. The van der Waals surface area contributed by atoms with E-state index in [4.69, 9.17) is 5.11 Å². The predicted octanol–water partition coefficient (Wildman–Crippen LogP) is 0.436. The minimum Gasteiger partial charge on any atom is -0.477 e. The minimum atomic E-state index is -3.49. The van der Waals surface area contributed by atoms with Gasteiger partial charge in [-0.05, 0) is 25.5 Å². The molecule has 8 nitrogen and oxygen atoms in total. The number of aromatic nitrogens is 1. The molecular formula is C12H17N3O5S. The third-order valence-electron chi connectivity index (χ3n) is 2.47. The van der Waals surface area contributed by atoms with E-state index in [1.165, 1.54) is 25.3 Å². The van der Waals surface area contributed by atoms with Crippen LogP contribution >= 0.6 is 0 Å². The average molecular weight is 315 g/mol. The van der Waals surface area contributed by atoms with Crippen LogP contribution in [0.25, 0.3) is 0 Å². The molecule has 1 unspecified atom stereocenters. The molecule has 0 aliphatic rings. The van der Waals surface area contributed by atoms with Gasteiger partial charge in [-0.3, -0.25) is 4.79 Å². The lowest BCUT2D eigenvalue weighted by Gasteiger charge is -2.14. The summed E-state index contributed by atoms with van der Waals surface area (Å²) in [6.07, 6.45) is 1.64. The summed E-state index contributed by atoms with van der Waals surface area (Å²) in [5, 5.41) is 11.1. The molecule has 0 aliphatic carbocycles. The summed E-state index contributed by atoms with van der Waals surface area (Å²) in [5.41, 5.74) is 0.135. The molecule has 0 aromatic carbocycles. The van der Waals surface area contributed by atoms with Crippen LogP contribution in [-0.4, -0.2) is 42.2 Å². The number of aromatic carboxylic acids is 1. The number of carbonyl (C=O) groups is 2. The zero-order chi connectivity index (χ0) is 16.0. The number of nitrogens with zero attached hydrogens (tertiary/aromatic N) is 1. The Hall–Kier alpha value is -2.00. The van der Waals surface area contributed by atoms with E-state index in [0.29, 0.717) is 6.42 Å². The lowest BCUT2D eigenvalue weighted by Crippen LogP contribution is -2.42. The Morgan fingerprint density at radius 3 is 2.52 bits per heavy atom. The third-order valence-corrected chi connectivity index (χ3v) is 4.13. The van der Waals surface area contributed by atoms with Crippen molar-refractivity contribution in [3.63, 3.8) is 0 Å². The van der Waals surface area contributed by atoms with Crippen molar-refractivity contribution in [3.05, 3.63) is 24.0 Å². The summed E-state index contributed by atoms with van der Waals surface area (Å²) in [6.45, 7) is 3.14. The molecular weight excluding hydrogens is 298 g/mol. The van der Waals surface area contributed by atoms with E-state index in [9.17, 15) is 18.0 Å². The number of carboxylic acid groups (broad SMARTS) is 1. The second kappa shape index (κ2) is 7.14. The summed E-state index contributed by atoms with van der Waals surface area (Å²) in [5.74, 6) is -1.78. The average Bonchev–Trinajstić information content (AvgIpc) is 2.38. The first-order valence-corrected chi connectivity index (χ1v) is 7.90. The maximum absolute atomic E-state index is 11.8. The predicted molar refractivity (Wildman–Crippen MR) is 76.5 cm³/mol. The molecule has 3 N–H and O–H groups in total. The second-order valence-electron chi connectivity index (χ2n) is 4.38. The Bertz CT molecular complexity index is 612. The molecule has 21 heavy (non-hydrogen) atoms. The molecule has 116 valence electrons. The maximum atomic E-state index is 11.8. The van der Waals surface area contributed by atoms with Gasteiger partial charge in [-0.1, -0.05) is 6.92 Å². The first kappa shape index (κ1) is 17.1. The molecule has 0 saturated heterocycles. The van der Waals surface area contributed by atoms with E-state index in [2.05, 4.69) is 15.0 Å². The number of anilines is 1. The zero-order valence-corrected chi connectivity index (χ0v) is 12.5. The highest BCUT2D eigenvalue weighted by Crippen LogP contribution is 2.07. The zero-order valence-electron chi connectivity index (χ0n) is 11.7. The van der Waals surface area contributed by atoms with Gasteiger partial charge in [0.2, 0.25) is 15.9 Å². The van der Waals surface area contributed by atoms with Crippen LogP contribution in [0.2, 0.25) is 0 Å². The van der Waals surface area contributed by atoms with Gasteiger partial charge in [0.15, 0.2) is 0 Å². The minimum absolute atomic E-state index is 0.0561. The van der Waals surface area contributed by atoms with E-state index in [1.54, 1.807) is 6.92 Å². The van der Waals surface area contributed by atoms with E-state index in [1.807, 2.05) is 0 Å². The van der Waals surface area contributed by atoms with E-state index in [0.717, 1.165) is 0 Å². The smallest absolute Gasteiger partial charge is 0.354 e. The topological polar surface area (TPSA) is 125 Å². The third kappa shape index (κ3) is 5.48. The fourth-order valence-electron chi connectivity index (χ4n) is 1.50. The number of hydrogen-bond acceptors (Lipinski definition) is 5. The molecule has 1 rings (SSSR count). The fourth-order valence-corrected chi connectivity index (χ4v) is 2.80. The molecule has 0 bridgehead atoms. The first-order valence-electron chi connectivity index (χ1n) is 6.25. The van der Waals surface area contributed by atoms with Crippen molar-refractivity contribution < 1.29 is 23.1 Å². The summed E-state index contributed by atoms with van der Waals surface area (Å²) in [4.78, 5) is 26.1. The molecule has 1 heterocycles. The van der Waals surface area contributed by atoms with Gasteiger partial charge < -0.3 is 10.4 Å². The Kier molecular flexibility index (Phi) is 5.79. The van der Waals surface area contributed by atoms with Gasteiger partial charge in [-0.2, -0.15) is 0 Å². The van der Waals surface area contributed by atoms with E-state index < -0.39 is 27.9 Å². The van der Waals surface area contributed by atoms with Crippen molar-refractivity contribution in [2.75, 3.05) is 11.1 Å². The largest absolute Gasteiger partial charge is 0.477 e. The van der Waals surface area contributed by atoms with Crippen molar-refractivity contribution in [3.8, 4) is 0 Å². The molecule has 1 aromatic heterocycles. The molecule has 0 radical (unpaired) electrons. The Morgan fingerprint density at radius 2 is 2.05 bits per heavy atom. The van der Waals surface area contributed by atoms with Gasteiger partial charge in [0.1, 0.15) is 5.69 Å². The second-order valence-corrected chi connectivity index (χ2v) is 6.26. The highest BCUT2D eigenvalue weighted by atomic mass is 32.2. The number of pyridine rings is 1. The number of nitrogens with one attached hydrogen (secondary N) is 2. The first-order chi connectivity index (χ1) is 9.75. The number of carboxylic acids is 1. The van der Waals surface area contributed by atoms with Gasteiger partial charge in [-0.15, -0.1) is 0 Å². The Labute approximate surface area is 122 Å². The SMILES string of the molecule is CCCS(=O)(=O)NC(C)C(=O)Nc1ccc(C(=O)O)nc1. The normalized spacial score (nSPS) is 12.7. The standard InChI is InChI=1S/C12H17N3O5S/c1-3-6-21(19,20)15-8(2)11(16)14-9-4-5-10(12(17)18)13-7-9/h4-5,7-8,15H,3,6H2,1-2H3,(H,14,16)(H,17,18). The van der Waals surface area contributed by atoms with Crippen LogP contribution in [0.15, 0.2) is 18.3 Å². The van der Waals surface area contributed by atoms with E-state index >= 15 is 0 Å². The quantitative estimate of drug-likeness (QED) is 0.670. The monoisotopic (exact) mass is 315 g/mol. The van der Waals surface area contributed by atoms with Gasteiger partial charge in [0.25, 0.3) is 0 Å². The van der Waals surface area contributed by atoms with Crippen molar-refractivity contribution in [2.24, 2.45) is 0 Å². The Morgan fingerprint density at radius 1 is 1.38 bits per heavy atom. The molecule has 0 spiro atoms. The Balaban J connectivity index is 2.66. The fraction of sp³-hybridized carbons (Fsp3) is 0.417. The van der Waals surface area contributed by atoms with Crippen molar-refractivity contribution in [1.29, 1.82) is 0 Å². The number of carbonyl (C=O) groups excluding carboxylic acids is 1. The number of sulfonamides is 1. The van der Waals surface area contributed by atoms with Crippen LogP contribution in [0, 0.1) is 0 Å². The molecule has 1 amide bonds. The lowest BCUT2D eigenvalue weighted by molar-refractivity contribution is -0.117. The molecule has 1 aromatic rings.